The van der Waals surface area contributed by atoms with Crippen molar-refractivity contribution in [2.45, 2.75) is 84.0 Å². The van der Waals surface area contributed by atoms with Crippen LogP contribution >= 0.6 is 0 Å². The van der Waals surface area contributed by atoms with Crippen LogP contribution < -0.4 is 0 Å². The van der Waals surface area contributed by atoms with Gasteiger partial charge in [-0.25, -0.2) is 5.01 Å². The molecule has 0 spiro atoms. The average molecular weight is 341 g/mol. The predicted molar refractivity (Wildman–Crippen MR) is 96.4 cm³/mol. The average Bonchev–Trinajstić information content (AvgIpc) is 2.89. The molecule has 0 N–H and O–H groups in total. The lowest BCUT2D eigenvalue weighted by Crippen LogP contribution is -2.37. The molecule has 1 aliphatic heterocycles. The van der Waals surface area contributed by atoms with Gasteiger partial charge >= 0.3 is 5.97 Å². The highest BCUT2D eigenvalue weighted by Crippen LogP contribution is 2.11. The zero-order chi connectivity index (χ0) is 17.6. The van der Waals surface area contributed by atoms with Crippen LogP contribution in [0.25, 0.3) is 0 Å². The number of hydrogen-bond acceptors (Lipinski definition) is 4. The largest absolute Gasteiger partial charge is 0.466 e. The zero-order valence-electron chi connectivity index (χ0n) is 15.7. The Morgan fingerprint density at radius 1 is 1.00 bits per heavy atom. The van der Waals surface area contributed by atoms with Crippen LogP contribution in [0.3, 0.4) is 0 Å². The summed E-state index contributed by atoms with van der Waals surface area (Å²) >= 11 is 0. The molecule has 0 saturated carbocycles. The highest BCUT2D eigenvalue weighted by molar-refractivity contribution is 5.78. The molecular formula is C19H36N2O3. The molecule has 1 heterocycles. The Labute approximate surface area is 147 Å². The molecule has 0 bridgehead atoms. The molecule has 0 aliphatic carbocycles. The van der Waals surface area contributed by atoms with E-state index in [1.54, 1.807) is 5.01 Å². The standard InChI is InChI=1S/C19H36N2O3/c1-3-4-5-6-7-8-9-10-11-12-17-24-19(23)14-16-21-18(22)13-15-20(21)2/h3-17H2,1-2H3. The second-order valence-electron chi connectivity index (χ2n) is 6.80. The first-order chi connectivity index (χ1) is 11.6. The molecule has 0 aromatic rings. The first-order valence-electron chi connectivity index (χ1n) is 9.82. The molecule has 0 aromatic carbocycles. The van der Waals surface area contributed by atoms with E-state index in [2.05, 4.69) is 6.92 Å². The van der Waals surface area contributed by atoms with Crippen LogP contribution in [-0.2, 0) is 14.3 Å². The number of rotatable bonds is 14. The SMILES string of the molecule is CCCCCCCCCCCCOC(=O)CCN1C(=O)CCN1C. The van der Waals surface area contributed by atoms with Crippen LogP contribution in [0.4, 0.5) is 0 Å². The van der Waals surface area contributed by atoms with Gasteiger partial charge in [0.25, 0.3) is 0 Å². The molecule has 1 fully saturated rings. The number of hydrogen-bond donors (Lipinski definition) is 0. The molecule has 1 saturated heterocycles. The third-order valence-electron chi connectivity index (χ3n) is 4.64. The van der Waals surface area contributed by atoms with Gasteiger partial charge in [0.1, 0.15) is 0 Å². The van der Waals surface area contributed by atoms with Crippen molar-refractivity contribution in [1.29, 1.82) is 0 Å². The van der Waals surface area contributed by atoms with Crippen LogP contribution in [0.2, 0.25) is 0 Å². The van der Waals surface area contributed by atoms with Crippen LogP contribution in [0, 0.1) is 0 Å². The van der Waals surface area contributed by atoms with E-state index in [-0.39, 0.29) is 18.3 Å². The maximum absolute atomic E-state index is 11.7. The van der Waals surface area contributed by atoms with Crippen molar-refractivity contribution in [1.82, 2.24) is 10.0 Å². The van der Waals surface area contributed by atoms with E-state index < -0.39 is 0 Å². The quantitative estimate of drug-likeness (QED) is 0.355. The van der Waals surface area contributed by atoms with E-state index in [0.717, 1.165) is 19.4 Å². The minimum absolute atomic E-state index is 0.0972. The van der Waals surface area contributed by atoms with E-state index in [1.165, 1.54) is 51.4 Å². The molecule has 0 aromatic heterocycles. The highest BCUT2D eigenvalue weighted by Gasteiger charge is 2.25. The van der Waals surface area contributed by atoms with Crippen molar-refractivity contribution in [3.05, 3.63) is 0 Å². The first-order valence-corrected chi connectivity index (χ1v) is 9.82. The molecule has 0 unspecified atom stereocenters. The number of carbonyl (C=O) groups is 2. The van der Waals surface area contributed by atoms with Gasteiger partial charge < -0.3 is 4.74 Å². The summed E-state index contributed by atoms with van der Waals surface area (Å²) in [6, 6.07) is 0. The predicted octanol–water partition coefficient (Wildman–Crippen LogP) is 3.92. The van der Waals surface area contributed by atoms with Gasteiger partial charge in [-0.2, -0.15) is 0 Å². The van der Waals surface area contributed by atoms with Crippen LogP contribution in [0.1, 0.15) is 84.0 Å². The van der Waals surface area contributed by atoms with Gasteiger partial charge in [0.2, 0.25) is 5.91 Å². The Hall–Kier alpha value is -1.10. The summed E-state index contributed by atoms with van der Waals surface area (Å²) in [6.07, 6.45) is 13.6. The molecule has 0 radical (unpaired) electrons. The molecule has 5 heteroatoms. The van der Waals surface area contributed by atoms with Crippen molar-refractivity contribution in [3.63, 3.8) is 0 Å². The number of nitrogens with zero attached hydrogens (tertiary/aromatic N) is 2. The number of ether oxygens (including phenoxy) is 1. The number of carbonyl (C=O) groups excluding carboxylic acids is 2. The fraction of sp³-hybridized carbons (Fsp3) is 0.895. The minimum Gasteiger partial charge on any atom is -0.466 e. The van der Waals surface area contributed by atoms with Crippen LogP contribution in [-0.4, -0.2) is 48.6 Å². The normalized spacial score (nSPS) is 15.2. The number of amides is 1. The second kappa shape index (κ2) is 13.2. The maximum atomic E-state index is 11.7. The summed E-state index contributed by atoms with van der Waals surface area (Å²) in [5.41, 5.74) is 0. The Morgan fingerprint density at radius 2 is 1.58 bits per heavy atom. The number of hydrazine groups is 1. The van der Waals surface area contributed by atoms with Gasteiger partial charge in [-0.1, -0.05) is 64.7 Å². The van der Waals surface area contributed by atoms with E-state index in [1.807, 2.05) is 12.1 Å². The zero-order valence-corrected chi connectivity index (χ0v) is 15.7. The lowest BCUT2D eigenvalue weighted by atomic mass is 10.1. The molecule has 5 nitrogen and oxygen atoms in total. The van der Waals surface area contributed by atoms with Gasteiger partial charge in [-0.05, 0) is 6.42 Å². The van der Waals surface area contributed by atoms with Crippen molar-refractivity contribution < 1.29 is 14.3 Å². The summed E-state index contributed by atoms with van der Waals surface area (Å²) in [6.45, 7) is 3.94. The smallest absolute Gasteiger partial charge is 0.307 e. The molecule has 140 valence electrons. The third-order valence-corrected chi connectivity index (χ3v) is 4.64. The van der Waals surface area contributed by atoms with Gasteiger partial charge in [-0.15, -0.1) is 0 Å². The molecule has 0 atom stereocenters. The summed E-state index contributed by atoms with van der Waals surface area (Å²) in [5.74, 6) is -0.0981. The van der Waals surface area contributed by atoms with Crippen LogP contribution in [0.15, 0.2) is 0 Å². The van der Waals surface area contributed by atoms with Crippen molar-refractivity contribution in [2.75, 3.05) is 26.7 Å². The number of unbranched alkanes of at least 4 members (excludes halogenated alkanes) is 9. The van der Waals surface area contributed by atoms with E-state index >= 15 is 0 Å². The fourth-order valence-corrected chi connectivity index (χ4v) is 3.04. The van der Waals surface area contributed by atoms with E-state index in [9.17, 15) is 9.59 Å². The van der Waals surface area contributed by atoms with Crippen molar-refractivity contribution in [3.8, 4) is 0 Å². The Morgan fingerprint density at radius 3 is 2.12 bits per heavy atom. The van der Waals surface area contributed by atoms with E-state index in [0.29, 0.717) is 19.6 Å². The monoisotopic (exact) mass is 340 g/mol. The molecule has 1 aliphatic rings. The summed E-state index contributed by atoms with van der Waals surface area (Å²) in [4.78, 5) is 23.3. The van der Waals surface area contributed by atoms with Gasteiger partial charge in [0.15, 0.2) is 0 Å². The lowest BCUT2D eigenvalue weighted by molar-refractivity contribution is -0.146. The highest BCUT2D eigenvalue weighted by atomic mass is 16.5. The Balaban J connectivity index is 1.87. The summed E-state index contributed by atoms with van der Waals surface area (Å²) < 4.78 is 5.25. The van der Waals surface area contributed by atoms with Crippen molar-refractivity contribution >= 4 is 11.9 Å². The summed E-state index contributed by atoms with van der Waals surface area (Å²) in [5, 5.41) is 3.51. The van der Waals surface area contributed by atoms with E-state index in [4.69, 9.17) is 4.74 Å². The second-order valence-corrected chi connectivity index (χ2v) is 6.80. The van der Waals surface area contributed by atoms with Gasteiger partial charge in [0, 0.05) is 26.6 Å². The lowest BCUT2D eigenvalue weighted by Gasteiger charge is -2.23. The third kappa shape index (κ3) is 9.26. The van der Waals surface area contributed by atoms with Crippen molar-refractivity contribution in [2.24, 2.45) is 0 Å². The van der Waals surface area contributed by atoms with Gasteiger partial charge in [-0.3, -0.25) is 14.6 Å². The molecule has 24 heavy (non-hydrogen) atoms. The summed E-state index contributed by atoms with van der Waals surface area (Å²) in [7, 11) is 1.88. The molecule has 1 amide bonds. The minimum atomic E-state index is -0.195. The van der Waals surface area contributed by atoms with Gasteiger partial charge in [0.05, 0.1) is 13.0 Å². The molecule has 1 rings (SSSR count). The first kappa shape index (κ1) is 20.9. The Kier molecular flexibility index (Phi) is 11.5. The molecular weight excluding hydrogens is 304 g/mol. The topological polar surface area (TPSA) is 49.9 Å². The fourth-order valence-electron chi connectivity index (χ4n) is 3.04. The number of esters is 1. The van der Waals surface area contributed by atoms with Crippen LogP contribution in [0.5, 0.6) is 0 Å². The maximum Gasteiger partial charge on any atom is 0.307 e. The Bertz CT molecular complexity index is 361.